The van der Waals surface area contributed by atoms with Crippen LogP contribution in [0.3, 0.4) is 0 Å². The van der Waals surface area contributed by atoms with Crippen LogP contribution in [0.15, 0.2) is 77.9 Å². The van der Waals surface area contributed by atoms with Crippen LogP contribution in [0.2, 0.25) is 0 Å². The number of hydrogen-bond acceptors (Lipinski definition) is 1. The topological polar surface area (TPSA) is 17.1 Å². The summed E-state index contributed by atoms with van der Waals surface area (Å²) in [5.41, 5.74) is 6.31. The van der Waals surface area contributed by atoms with E-state index in [1.807, 2.05) is 6.07 Å². The molecule has 1 atom stereocenters. The third kappa shape index (κ3) is 3.37. The van der Waals surface area contributed by atoms with Crippen molar-refractivity contribution in [1.82, 2.24) is 0 Å². The smallest absolute Gasteiger partial charge is 0.159 e. The minimum absolute atomic E-state index is 0.352. The summed E-state index contributed by atoms with van der Waals surface area (Å²) in [4.78, 5) is 12.4. The maximum Gasteiger partial charge on any atom is 0.159 e. The van der Waals surface area contributed by atoms with E-state index in [1.54, 1.807) is 0 Å². The summed E-state index contributed by atoms with van der Waals surface area (Å²) in [6.07, 6.45) is 8.33. The molecule has 2 aliphatic rings. The molecule has 1 nitrogen and oxygen atoms in total. The molecule has 2 aromatic rings. The molecule has 1 unspecified atom stereocenters. The van der Waals surface area contributed by atoms with Gasteiger partial charge in [0.15, 0.2) is 5.78 Å². The highest BCUT2D eigenvalue weighted by molar-refractivity contribution is 6.07. The van der Waals surface area contributed by atoms with Crippen LogP contribution in [-0.2, 0) is 4.79 Å². The molecule has 0 saturated heterocycles. The normalized spacial score (nSPS) is 22.6. The van der Waals surface area contributed by atoms with E-state index in [4.69, 9.17) is 0 Å². The lowest BCUT2D eigenvalue weighted by atomic mass is 9.79. The molecular formula is C24H24O. The SMILES string of the molecule is O=C1CCC/C1=C(\C1=CCC(c2ccccc2)CC1)c1ccccc1. The van der Waals surface area contributed by atoms with Crippen molar-refractivity contribution in [1.29, 1.82) is 0 Å². The minimum Gasteiger partial charge on any atom is -0.295 e. The van der Waals surface area contributed by atoms with Crippen LogP contribution in [0.5, 0.6) is 0 Å². The molecule has 0 aromatic heterocycles. The Hall–Kier alpha value is -2.41. The lowest BCUT2D eigenvalue weighted by Gasteiger charge is -2.25. The van der Waals surface area contributed by atoms with E-state index < -0.39 is 0 Å². The Bertz CT molecular complexity index is 812. The predicted molar refractivity (Wildman–Crippen MR) is 103 cm³/mol. The zero-order valence-corrected chi connectivity index (χ0v) is 14.6. The first-order valence-electron chi connectivity index (χ1n) is 9.39. The Labute approximate surface area is 150 Å². The van der Waals surface area contributed by atoms with Gasteiger partial charge in [-0.1, -0.05) is 66.7 Å². The van der Waals surface area contributed by atoms with Gasteiger partial charge in [0, 0.05) is 12.0 Å². The van der Waals surface area contributed by atoms with E-state index in [1.165, 1.54) is 22.3 Å². The maximum absolute atomic E-state index is 12.4. The van der Waals surface area contributed by atoms with Crippen LogP contribution in [0.25, 0.3) is 5.57 Å². The third-order valence-electron chi connectivity index (χ3n) is 5.53. The Morgan fingerprint density at radius 3 is 2.16 bits per heavy atom. The van der Waals surface area contributed by atoms with E-state index in [0.29, 0.717) is 18.1 Å². The van der Waals surface area contributed by atoms with E-state index >= 15 is 0 Å². The number of rotatable bonds is 3. The molecule has 25 heavy (non-hydrogen) atoms. The molecule has 2 aromatic carbocycles. The predicted octanol–water partition coefficient (Wildman–Crippen LogP) is 6.09. The largest absolute Gasteiger partial charge is 0.295 e. The van der Waals surface area contributed by atoms with E-state index in [2.05, 4.69) is 60.7 Å². The lowest BCUT2D eigenvalue weighted by molar-refractivity contribution is -0.114. The molecule has 4 rings (SSSR count). The van der Waals surface area contributed by atoms with Gasteiger partial charge in [0.05, 0.1) is 0 Å². The van der Waals surface area contributed by atoms with Crippen LogP contribution in [-0.4, -0.2) is 5.78 Å². The number of carbonyl (C=O) groups excluding carboxylic acids is 1. The second kappa shape index (κ2) is 7.23. The van der Waals surface area contributed by atoms with Gasteiger partial charge >= 0.3 is 0 Å². The van der Waals surface area contributed by atoms with E-state index in [9.17, 15) is 4.79 Å². The maximum atomic E-state index is 12.4. The first-order valence-corrected chi connectivity index (χ1v) is 9.39. The summed E-state index contributed by atoms with van der Waals surface area (Å²) in [7, 11) is 0. The molecule has 0 heterocycles. The fourth-order valence-corrected chi connectivity index (χ4v) is 4.23. The van der Waals surface area contributed by atoms with Crippen molar-refractivity contribution in [3.63, 3.8) is 0 Å². The Balaban J connectivity index is 1.68. The molecule has 0 bridgehead atoms. The second-order valence-corrected chi connectivity index (χ2v) is 7.11. The standard InChI is InChI=1S/C24H24O/c25-23-13-7-12-22(23)24(20-10-5-2-6-11-20)21-16-14-19(15-17-21)18-8-3-1-4-9-18/h1-6,8-11,16,19H,7,12-15,17H2/b24-22+. The summed E-state index contributed by atoms with van der Waals surface area (Å²) < 4.78 is 0. The number of Topliss-reactive ketones (excluding diaryl/α,β-unsaturated/α-hetero) is 1. The molecule has 2 aliphatic carbocycles. The van der Waals surface area contributed by atoms with Crippen molar-refractivity contribution in [3.8, 4) is 0 Å². The van der Waals surface area contributed by atoms with Crippen molar-refractivity contribution in [2.24, 2.45) is 0 Å². The van der Waals surface area contributed by atoms with Crippen molar-refractivity contribution >= 4 is 11.4 Å². The van der Waals surface area contributed by atoms with Gasteiger partial charge in [-0.15, -0.1) is 0 Å². The van der Waals surface area contributed by atoms with Crippen molar-refractivity contribution in [3.05, 3.63) is 89.0 Å². The molecule has 1 fully saturated rings. The zero-order chi connectivity index (χ0) is 17.1. The molecular weight excluding hydrogens is 304 g/mol. The number of allylic oxidation sites excluding steroid dienone is 4. The molecule has 1 saturated carbocycles. The molecule has 126 valence electrons. The first-order chi connectivity index (χ1) is 12.3. The van der Waals surface area contributed by atoms with E-state index in [-0.39, 0.29) is 0 Å². The summed E-state index contributed by atoms with van der Waals surface area (Å²) in [5, 5.41) is 0. The monoisotopic (exact) mass is 328 g/mol. The van der Waals surface area contributed by atoms with Crippen LogP contribution in [0, 0.1) is 0 Å². The Morgan fingerprint density at radius 1 is 0.840 bits per heavy atom. The second-order valence-electron chi connectivity index (χ2n) is 7.11. The van der Waals surface area contributed by atoms with Gasteiger partial charge in [-0.3, -0.25) is 4.79 Å². The van der Waals surface area contributed by atoms with Crippen molar-refractivity contribution in [2.75, 3.05) is 0 Å². The van der Waals surface area contributed by atoms with Crippen LogP contribution < -0.4 is 0 Å². The molecule has 0 aliphatic heterocycles. The summed E-state index contributed by atoms with van der Waals surface area (Å²) in [5.74, 6) is 0.955. The van der Waals surface area contributed by atoms with Gasteiger partial charge in [0.25, 0.3) is 0 Å². The van der Waals surface area contributed by atoms with Crippen molar-refractivity contribution in [2.45, 2.75) is 44.4 Å². The summed E-state index contributed by atoms with van der Waals surface area (Å²) in [6, 6.07) is 21.3. The van der Waals surface area contributed by atoms with Crippen molar-refractivity contribution < 1.29 is 4.79 Å². The molecule has 0 amide bonds. The number of hydrogen-bond donors (Lipinski definition) is 0. The number of carbonyl (C=O) groups is 1. The third-order valence-corrected chi connectivity index (χ3v) is 5.53. The summed E-state index contributed by atoms with van der Waals surface area (Å²) in [6.45, 7) is 0. The van der Waals surface area contributed by atoms with Gasteiger partial charge in [0.1, 0.15) is 0 Å². The highest BCUT2D eigenvalue weighted by atomic mass is 16.1. The van der Waals surface area contributed by atoms with Crippen LogP contribution in [0.4, 0.5) is 0 Å². The first kappa shape index (κ1) is 16.1. The quantitative estimate of drug-likeness (QED) is 0.623. The van der Waals surface area contributed by atoms with Gasteiger partial charge in [0.2, 0.25) is 0 Å². The lowest BCUT2D eigenvalue weighted by Crippen LogP contribution is -2.08. The Morgan fingerprint density at radius 2 is 1.56 bits per heavy atom. The van der Waals surface area contributed by atoms with Gasteiger partial charge in [-0.25, -0.2) is 0 Å². The zero-order valence-electron chi connectivity index (χ0n) is 14.6. The Kier molecular flexibility index (Phi) is 4.65. The van der Waals surface area contributed by atoms with Gasteiger partial charge in [-0.2, -0.15) is 0 Å². The fourth-order valence-electron chi connectivity index (χ4n) is 4.23. The molecule has 0 radical (unpaired) electrons. The average molecular weight is 328 g/mol. The number of benzene rings is 2. The molecule has 0 N–H and O–H groups in total. The minimum atomic E-state index is 0.352. The highest BCUT2D eigenvalue weighted by Crippen LogP contribution is 2.41. The van der Waals surface area contributed by atoms with Gasteiger partial charge < -0.3 is 0 Å². The molecule has 0 spiro atoms. The summed E-state index contributed by atoms with van der Waals surface area (Å²) >= 11 is 0. The number of ketones is 1. The highest BCUT2D eigenvalue weighted by Gasteiger charge is 2.26. The fraction of sp³-hybridized carbons (Fsp3) is 0.292. The molecule has 1 heteroatoms. The van der Waals surface area contributed by atoms with E-state index in [0.717, 1.165) is 37.7 Å². The average Bonchev–Trinajstić information content (AvgIpc) is 3.10. The van der Waals surface area contributed by atoms with Crippen LogP contribution >= 0.6 is 0 Å². The van der Waals surface area contributed by atoms with Gasteiger partial charge in [-0.05, 0) is 60.3 Å². The van der Waals surface area contributed by atoms with Crippen LogP contribution in [0.1, 0.15) is 55.6 Å².